The number of nitrogens with two attached hydrogens (primary N) is 1. The third-order valence-electron chi connectivity index (χ3n) is 1.36. The van der Waals surface area contributed by atoms with Crippen LogP contribution < -0.4 is 5.73 Å². The van der Waals surface area contributed by atoms with Crippen molar-refractivity contribution in [3.8, 4) is 0 Å². The van der Waals surface area contributed by atoms with Crippen LogP contribution in [0, 0.1) is 0 Å². The predicted molar refractivity (Wildman–Crippen MR) is 59.3 cm³/mol. The lowest BCUT2D eigenvalue weighted by molar-refractivity contribution is 0.112. The molecule has 0 bridgehead atoms. The number of nitrogen functional groups attached to an aromatic ring is 1. The molecule has 1 aromatic rings. The number of benzene rings is 1. The summed E-state index contributed by atoms with van der Waals surface area (Å²) >= 11 is 9.73. The van der Waals surface area contributed by atoms with Crippen LogP contribution in [0.5, 0.6) is 0 Å². The van der Waals surface area contributed by atoms with Gasteiger partial charge in [0.25, 0.3) is 0 Å². The van der Waals surface area contributed by atoms with Gasteiger partial charge in [0.15, 0.2) is 6.29 Å². The Labute approximate surface area is 94.9 Å². The lowest BCUT2D eigenvalue weighted by atomic mass is 10.2. The number of rotatable bonds is 1. The molecule has 2 N–H and O–H groups in total. The number of hydrogen-bond donors (Lipinski definition) is 1. The highest BCUT2D eigenvalue weighted by atomic mass is 79.9. The molecule has 0 fully saturated rings. The van der Waals surface area contributed by atoms with Crippen LogP contribution in [0.15, 0.2) is 19.5 Å². The third kappa shape index (κ3) is 1.72. The summed E-state index contributed by atoms with van der Waals surface area (Å²) in [5.74, 6) is 0. The Morgan fingerprint density at radius 2 is 1.83 bits per heavy atom. The average molecular weight is 358 g/mol. The maximum Gasteiger partial charge on any atom is 0.152 e. The first-order chi connectivity index (χ1) is 5.57. The van der Waals surface area contributed by atoms with E-state index < -0.39 is 0 Å². The fourth-order valence-electron chi connectivity index (χ4n) is 0.730. The van der Waals surface area contributed by atoms with E-state index in [9.17, 15) is 4.79 Å². The van der Waals surface area contributed by atoms with Crippen LogP contribution >= 0.6 is 47.8 Å². The van der Waals surface area contributed by atoms with Crippen molar-refractivity contribution in [2.45, 2.75) is 0 Å². The van der Waals surface area contributed by atoms with Crippen LogP contribution in [0.2, 0.25) is 0 Å². The molecule has 0 aliphatic rings. The normalized spacial score (nSPS) is 9.92. The molecule has 0 aliphatic heterocycles. The largest absolute Gasteiger partial charge is 0.397 e. The lowest BCUT2D eigenvalue weighted by Gasteiger charge is -2.05. The van der Waals surface area contributed by atoms with Gasteiger partial charge in [0.1, 0.15) is 0 Å². The first-order valence-electron chi connectivity index (χ1n) is 2.96. The topological polar surface area (TPSA) is 43.1 Å². The second kappa shape index (κ2) is 3.89. The molecule has 0 atom stereocenters. The number of carbonyl (C=O) groups excluding carboxylic acids is 1. The van der Waals surface area contributed by atoms with Crippen molar-refractivity contribution in [1.29, 1.82) is 0 Å². The molecule has 2 nitrogen and oxygen atoms in total. The van der Waals surface area contributed by atoms with Gasteiger partial charge >= 0.3 is 0 Å². The Balaban J connectivity index is 3.51. The van der Waals surface area contributed by atoms with E-state index >= 15 is 0 Å². The molecule has 0 spiro atoms. The van der Waals surface area contributed by atoms with Gasteiger partial charge in [-0.3, -0.25) is 4.79 Å². The second-order valence-corrected chi connectivity index (χ2v) is 4.60. The molecule has 0 aromatic heterocycles. The highest BCUT2D eigenvalue weighted by Gasteiger charge is 2.10. The molecule has 0 aliphatic carbocycles. The zero-order valence-electron chi connectivity index (χ0n) is 5.77. The Morgan fingerprint density at radius 1 is 1.25 bits per heavy atom. The molecule has 0 amide bonds. The van der Waals surface area contributed by atoms with E-state index in [0.29, 0.717) is 20.2 Å². The molecule has 0 saturated carbocycles. The smallest absolute Gasteiger partial charge is 0.152 e. The van der Waals surface area contributed by atoms with Gasteiger partial charge in [0.2, 0.25) is 0 Å². The monoisotopic (exact) mass is 355 g/mol. The molecule has 0 saturated heterocycles. The Bertz CT molecular complexity index is 338. The van der Waals surface area contributed by atoms with Crippen LogP contribution in [-0.4, -0.2) is 6.29 Å². The van der Waals surface area contributed by atoms with Crippen LogP contribution in [0.3, 0.4) is 0 Å². The molecule has 1 rings (SSSR count). The van der Waals surface area contributed by atoms with Crippen molar-refractivity contribution >= 4 is 59.8 Å². The van der Waals surface area contributed by atoms with Crippen LogP contribution in [0.1, 0.15) is 10.4 Å². The number of aldehydes is 1. The molecule has 0 heterocycles. The van der Waals surface area contributed by atoms with Crippen molar-refractivity contribution in [2.75, 3.05) is 5.73 Å². The molecular weight excluding hydrogens is 354 g/mol. The summed E-state index contributed by atoms with van der Waals surface area (Å²) in [6.07, 6.45) is 0.747. The molecule has 64 valence electrons. The molecular formula is C7H4Br3NO. The van der Waals surface area contributed by atoms with Gasteiger partial charge in [-0.1, -0.05) is 0 Å². The summed E-state index contributed by atoms with van der Waals surface area (Å²) in [6.45, 7) is 0. The predicted octanol–water partition coefficient (Wildman–Crippen LogP) is 3.37. The molecule has 0 unspecified atom stereocenters. The number of hydrogen-bond acceptors (Lipinski definition) is 2. The van der Waals surface area contributed by atoms with Crippen molar-refractivity contribution < 1.29 is 4.79 Å². The van der Waals surface area contributed by atoms with Gasteiger partial charge in [0.05, 0.1) is 10.2 Å². The standard InChI is InChI=1S/C7H4Br3NO/c8-4-1-5(9)7(11)6(10)3(4)2-12/h1-2H,11H2. The summed E-state index contributed by atoms with van der Waals surface area (Å²) in [5.41, 5.74) is 6.71. The van der Waals surface area contributed by atoms with Crippen molar-refractivity contribution in [2.24, 2.45) is 0 Å². The van der Waals surface area contributed by atoms with Gasteiger partial charge in [-0.2, -0.15) is 0 Å². The Kier molecular flexibility index (Phi) is 3.31. The minimum Gasteiger partial charge on any atom is -0.397 e. The number of carbonyl (C=O) groups is 1. The van der Waals surface area contributed by atoms with Crippen LogP contribution in [0.4, 0.5) is 5.69 Å². The minimum atomic E-state index is 0.524. The maximum absolute atomic E-state index is 10.6. The zero-order valence-corrected chi connectivity index (χ0v) is 10.5. The highest BCUT2D eigenvalue weighted by Crippen LogP contribution is 2.35. The summed E-state index contributed by atoms with van der Waals surface area (Å²) in [4.78, 5) is 10.6. The highest BCUT2D eigenvalue weighted by molar-refractivity contribution is 9.11. The van der Waals surface area contributed by atoms with E-state index in [1.165, 1.54) is 0 Å². The Hall–Kier alpha value is 0.130. The van der Waals surface area contributed by atoms with Gasteiger partial charge in [-0.15, -0.1) is 0 Å². The Morgan fingerprint density at radius 3 is 2.33 bits per heavy atom. The molecule has 1 aromatic carbocycles. The first kappa shape index (κ1) is 10.2. The summed E-state index contributed by atoms with van der Waals surface area (Å²) in [6, 6.07) is 1.74. The van der Waals surface area contributed by atoms with E-state index in [4.69, 9.17) is 5.73 Å². The quantitative estimate of drug-likeness (QED) is 0.618. The maximum atomic E-state index is 10.6. The summed E-state index contributed by atoms with van der Waals surface area (Å²) in [5, 5.41) is 0. The fourth-order valence-corrected chi connectivity index (χ4v) is 3.04. The average Bonchev–Trinajstić information content (AvgIpc) is 2.01. The molecule has 0 radical (unpaired) electrons. The van der Waals surface area contributed by atoms with E-state index in [1.54, 1.807) is 6.07 Å². The first-order valence-corrected chi connectivity index (χ1v) is 5.34. The fraction of sp³-hybridized carbons (Fsp3) is 0. The van der Waals surface area contributed by atoms with Crippen LogP contribution in [-0.2, 0) is 0 Å². The van der Waals surface area contributed by atoms with Gasteiger partial charge in [-0.25, -0.2) is 0 Å². The zero-order chi connectivity index (χ0) is 9.30. The molecule has 5 heteroatoms. The second-order valence-electron chi connectivity index (χ2n) is 2.10. The van der Waals surface area contributed by atoms with E-state index in [0.717, 1.165) is 10.8 Å². The lowest BCUT2D eigenvalue weighted by Crippen LogP contribution is -1.94. The van der Waals surface area contributed by atoms with Crippen molar-refractivity contribution in [3.05, 3.63) is 25.0 Å². The van der Waals surface area contributed by atoms with Gasteiger partial charge in [0, 0.05) is 14.5 Å². The molecule has 12 heavy (non-hydrogen) atoms. The number of anilines is 1. The van der Waals surface area contributed by atoms with Crippen molar-refractivity contribution in [1.82, 2.24) is 0 Å². The van der Waals surface area contributed by atoms with E-state index in [-0.39, 0.29) is 0 Å². The van der Waals surface area contributed by atoms with E-state index in [1.807, 2.05) is 0 Å². The van der Waals surface area contributed by atoms with Gasteiger partial charge < -0.3 is 5.73 Å². The summed E-state index contributed by atoms with van der Waals surface area (Å²) in [7, 11) is 0. The van der Waals surface area contributed by atoms with Crippen LogP contribution in [0.25, 0.3) is 0 Å². The van der Waals surface area contributed by atoms with Gasteiger partial charge in [-0.05, 0) is 53.9 Å². The SMILES string of the molecule is Nc1c(Br)cc(Br)c(C=O)c1Br. The summed E-state index contributed by atoms with van der Waals surface area (Å²) < 4.78 is 2.08. The van der Waals surface area contributed by atoms with E-state index in [2.05, 4.69) is 47.8 Å². The number of halogens is 3. The van der Waals surface area contributed by atoms with Crippen molar-refractivity contribution in [3.63, 3.8) is 0 Å². The minimum absolute atomic E-state index is 0.524. The third-order valence-corrected chi connectivity index (χ3v) is 3.53.